The molecule has 106 valence electrons. The second kappa shape index (κ2) is 5.37. The van der Waals surface area contributed by atoms with Crippen molar-refractivity contribution in [3.05, 3.63) is 41.5 Å². The molecule has 1 aliphatic carbocycles. The maximum Gasteiger partial charge on any atom is 0.167 e. The van der Waals surface area contributed by atoms with Crippen molar-refractivity contribution < 1.29 is 4.39 Å². The van der Waals surface area contributed by atoms with Crippen LogP contribution in [0.3, 0.4) is 0 Å². The van der Waals surface area contributed by atoms with E-state index in [2.05, 4.69) is 20.6 Å². The molecule has 2 aromatic rings. The van der Waals surface area contributed by atoms with E-state index in [4.69, 9.17) is 5.26 Å². The molecule has 2 aromatic heterocycles. The van der Waals surface area contributed by atoms with Gasteiger partial charge in [0.15, 0.2) is 11.6 Å². The summed E-state index contributed by atoms with van der Waals surface area (Å²) < 4.78 is 13.8. The first-order valence-electron chi connectivity index (χ1n) is 6.71. The summed E-state index contributed by atoms with van der Waals surface area (Å²) in [4.78, 5) is 8.12. The van der Waals surface area contributed by atoms with Crippen molar-refractivity contribution in [1.29, 1.82) is 5.26 Å². The van der Waals surface area contributed by atoms with Gasteiger partial charge in [-0.3, -0.25) is 0 Å². The summed E-state index contributed by atoms with van der Waals surface area (Å²) in [7, 11) is 0. The summed E-state index contributed by atoms with van der Waals surface area (Å²) in [5.74, 6) is -0.00397. The minimum Gasteiger partial charge on any atom is -0.382 e. The summed E-state index contributed by atoms with van der Waals surface area (Å²) in [6.07, 6.45) is 5.41. The first kappa shape index (κ1) is 13.3. The normalized spacial score (nSPS) is 13.6. The fourth-order valence-electron chi connectivity index (χ4n) is 1.91. The Balaban J connectivity index is 1.82. The molecule has 0 amide bonds. The fourth-order valence-corrected chi connectivity index (χ4v) is 1.91. The lowest BCUT2D eigenvalue weighted by molar-refractivity contribution is 0.625. The highest BCUT2D eigenvalue weighted by Crippen LogP contribution is 2.28. The topological polar surface area (TPSA) is 73.6 Å². The van der Waals surface area contributed by atoms with Crippen molar-refractivity contribution in [3.63, 3.8) is 0 Å². The van der Waals surface area contributed by atoms with E-state index in [1.165, 1.54) is 19.0 Å². The zero-order chi connectivity index (χ0) is 14.8. The molecular formula is C15H14FN5. The lowest BCUT2D eigenvalue weighted by Gasteiger charge is -2.11. The molecule has 0 radical (unpaired) electrons. The third-order valence-corrected chi connectivity index (χ3v) is 3.26. The predicted octanol–water partition coefficient (Wildman–Crippen LogP) is 3.11. The number of aromatic nitrogens is 2. The minimum absolute atomic E-state index is 0.0581. The molecule has 2 N–H and O–H groups in total. The number of halogens is 1. The average Bonchev–Trinajstić information content (AvgIpc) is 3.28. The van der Waals surface area contributed by atoms with E-state index in [1.807, 2.05) is 19.1 Å². The Morgan fingerprint density at radius 3 is 2.76 bits per heavy atom. The van der Waals surface area contributed by atoms with E-state index < -0.39 is 5.82 Å². The Labute approximate surface area is 121 Å². The second-order valence-corrected chi connectivity index (χ2v) is 5.09. The van der Waals surface area contributed by atoms with Gasteiger partial charge in [0.25, 0.3) is 0 Å². The molecule has 0 bridgehead atoms. The van der Waals surface area contributed by atoms with Crippen LogP contribution in [0, 0.1) is 24.1 Å². The van der Waals surface area contributed by atoms with Gasteiger partial charge in [-0.15, -0.1) is 0 Å². The Morgan fingerprint density at radius 2 is 2.10 bits per heavy atom. The van der Waals surface area contributed by atoms with E-state index in [9.17, 15) is 4.39 Å². The first-order valence-corrected chi connectivity index (χ1v) is 6.71. The second-order valence-electron chi connectivity index (χ2n) is 5.09. The summed E-state index contributed by atoms with van der Waals surface area (Å²) in [6, 6.07) is 5.37. The zero-order valence-electron chi connectivity index (χ0n) is 11.5. The minimum atomic E-state index is -0.576. The number of anilines is 3. The highest BCUT2D eigenvalue weighted by atomic mass is 19.1. The number of nitriles is 1. The number of hydrogen-bond donors (Lipinski definition) is 2. The third-order valence-electron chi connectivity index (χ3n) is 3.26. The molecule has 0 aromatic carbocycles. The predicted molar refractivity (Wildman–Crippen MR) is 77.8 cm³/mol. The molecule has 6 heteroatoms. The Morgan fingerprint density at radius 1 is 1.29 bits per heavy atom. The maximum absolute atomic E-state index is 13.8. The molecule has 1 fully saturated rings. The van der Waals surface area contributed by atoms with Crippen molar-refractivity contribution in [2.45, 2.75) is 25.8 Å². The van der Waals surface area contributed by atoms with Crippen molar-refractivity contribution >= 4 is 17.3 Å². The molecule has 0 unspecified atom stereocenters. The number of nitrogens with one attached hydrogen (secondary N) is 2. The largest absolute Gasteiger partial charge is 0.382 e. The van der Waals surface area contributed by atoms with Gasteiger partial charge in [-0.2, -0.15) is 5.26 Å². The maximum atomic E-state index is 13.8. The molecule has 1 aliphatic rings. The summed E-state index contributed by atoms with van der Waals surface area (Å²) in [5, 5.41) is 14.9. The van der Waals surface area contributed by atoms with Gasteiger partial charge in [-0.05, 0) is 31.4 Å². The molecular weight excluding hydrogens is 269 g/mol. The van der Waals surface area contributed by atoms with Crippen LogP contribution in [0.5, 0.6) is 0 Å². The molecule has 0 saturated heterocycles. The van der Waals surface area contributed by atoms with E-state index >= 15 is 0 Å². The average molecular weight is 283 g/mol. The van der Waals surface area contributed by atoms with Crippen LogP contribution >= 0.6 is 0 Å². The van der Waals surface area contributed by atoms with Gasteiger partial charge in [0.1, 0.15) is 11.9 Å². The SMILES string of the molecule is Cc1cnc(Nc2ncc(C#N)cc2F)cc1NC1CC1. The van der Waals surface area contributed by atoms with Crippen molar-refractivity contribution in [3.8, 4) is 6.07 Å². The van der Waals surface area contributed by atoms with Gasteiger partial charge in [-0.25, -0.2) is 14.4 Å². The Hall–Kier alpha value is -2.68. The van der Waals surface area contributed by atoms with Gasteiger partial charge < -0.3 is 10.6 Å². The molecule has 0 atom stereocenters. The van der Waals surface area contributed by atoms with Gasteiger partial charge in [0, 0.05) is 30.2 Å². The number of pyridine rings is 2. The van der Waals surface area contributed by atoms with Crippen LogP contribution in [0.25, 0.3) is 0 Å². The van der Waals surface area contributed by atoms with Crippen molar-refractivity contribution in [1.82, 2.24) is 9.97 Å². The molecule has 5 nitrogen and oxygen atoms in total. The number of hydrogen-bond acceptors (Lipinski definition) is 5. The van der Waals surface area contributed by atoms with E-state index in [-0.39, 0.29) is 11.4 Å². The van der Waals surface area contributed by atoms with Crippen LogP contribution in [-0.2, 0) is 0 Å². The number of rotatable bonds is 4. The van der Waals surface area contributed by atoms with Crippen LogP contribution in [-0.4, -0.2) is 16.0 Å². The van der Waals surface area contributed by atoms with E-state index in [0.29, 0.717) is 11.9 Å². The van der Waals surface area contributed by atoms with Crippen LogP contribution in [0.1, 0.15) is 24.0 Å². The van der Waals surface area contributed by atoms with Gasteiger partial charge in [0.05, 0.1) is 5.56 Å². The number of aryl methyl sites for hydroxylation is 1. The van der Waals surface area contributed by atoms with Crippen LogP contribution in [0.2, 0.25) is 0 Å². The van der Waals surface area contributed by atoms with E-state index in [0.717, 1.165) is 17.3 Å². The van der Waals surface area contributed by atoms with Crippen molar-refractivity contribution in [2.75, 3.05) is 10.6 Å². The summed E-state index contributed by atoms with van der Waals surface area (Å²) in [5.41, 5.74) is 2.22. The van der Waals surface area contributed by atoms with Gasteiger partial charge in [0.2, 0.25) is 0 Å². The van der Waals surface area contributed by atoms with Crippen LogP contribution in [0.15, 0.2) is 24.5 Å². The van der Waals surface area contributed by atoms with Gasteiger partial charge >= 0.3 is 0 Å². The van der Waals surface area contributed by atoms with Gasteiger partial charge in [-0.1, -0.05) is 0 Å². The first-order chi connectivity index (χ1) is 10.2. The van der Waals surface area contributed by atoms with Crippen molar-refractivity contribution in [2.24, 2.45) is 0 Å². The molecule has 0 spiro atoms. The highest BCUT2D eigenvalue weighted by molar-refractivity contribution is 5.62. The van der Waals surface area contributed by atoms with E-state index in [1.54, 1.807) is 6.20 Å². The lowest BCUT2D eigenvalue weighted by atomic mass is 10.2. The molecule has 0 aliphatic heterocycles. The zero-order valence-corrected chi connectivity index (χ0v) is 11.5. The summed E-state index contributed by atoms with van der Waals surface area (Å²) >= 11 is 0. The van der Waals surface area contributed by atoms with Crippen LogP contribution in [0.4, 0.5) is 21.7 Å². The van der Waals surface area contributed by atoms with Crippen LogP contribution < -0.4 is 10.6 Å². The molecule has 21 heavy (non-hydrogen) atoms. The molecule has 2 heterocycles. The Bertz CT molecular complexity index is 718. The fraction of sp³-hybridized carbons (Fsp3) is 0.267. The summed E-state index contributed by atoms with van der Waals surface area (Å²) in [6.45, 7) is 1.97. The number of nitrogens with zero attached hydrogens (tertiary/aromatic N) is 3. The molecule has 3 rings (SSSR count). The standard InChI is InChI=1S/C15H14FN5/c1-9-7-18-14(5-13(9)20-11-2-3-11)21-15-12(16)4-10(6-17)8-19-15/h4-5,7-8,11H,2-3H2,1H3,(H2,18,19,20,21). The Kier molecular flexibility index (Phi) is 3.40. The third kappa shape index (κ3) is 3.08. The quantitative estimate of drug-likeness (QED) is 0.902. The lowest BCUT2D eigenvalue weighted by Crippen LogP contribution is -2.05. The monoisotopic (exact) mass is 283 g/mol. The smallest absolute Gasteiger partial charge is 0.167 e. The molecule has 1 saturated carbocycles. The highest BCUT2D eigenvalue weighted by Gasteiger charge is 2.21.